The Bertz CT molecular complexity index is 1470. The molecule has 4 rings (SSSR count). The molecule has 0 aliphatic rings. The molecule has 11 nitrogen and oxygen atoms in total. The van der Waals surface area contributed by atoms with Crippen LogP contribution in [0.3, 0.4) is 0 Å². The number of anilines is 1. The molecule has 0 atom stereocenters. The highest BCUT2D eigenvalue weighted by molar-refractivity contribution is 6.07. The molecule has 0 saturated carbocycles. The predicted octanol–water partition coefficient (Wildman–Crippen LogP) is 2.44. The van der Waals surface area contributed by atoms with Gasteiger partial charge in [0.1, 0.15) is 17.1 Å². The van der Waals surface area contributed by atoms with Gasteiger partial charge in [-0.1, -0.05) is 12.1 Å². The van der Waals surface area contributed by atoms with E-state index >= 15 is 0 Å². The van der Waals surface area contributed by atoms with Crippen molar-refractivity contribution in [2.45, 2.75) is 40.3 Å². The fourth-order valence-corrected chi connectivity index (χ4v) is 3.62. The molecule has 0 bridgehead atoms. The van der Waals surface area contributed by atoms with E-state index in [9.17, 15) is 14.4 Å². The Morgan fingerprint density at radius 2 is 1.97 bits per heavy atom. The molecule has 0 unspecified atom stereocenters. The second-order valence-electron chi connectivity index (χ2n) is 7.58. The Kier molecular flexibility index (Phi) is 6.26. The van der Waals surface area contributed by atoms with E-state index in [1.807, 2.05) is 13.0 Å². The Balaban J connectivity index is 1.44. The summed E-state index contributed by atoms with van der Waals surface area (Å²) in [5, 5.41) is 0.744. The first kappa shape index (κ1) is 22.9. The number of carbonyl (C=O) groups is 2. The SMILES string of the molecule is CCOC(=O)c1c(C)oc2nc(COC(=O)CCn3cnc4c(C)cccc4c3=O)nc(N)c12. The van der Waals surface area contributed by atoms with E-state index in [4.69, 9.17) is 19.6 Å². The Morgan fingerprint density at radius 3 is 2.74 bits per heavy atom. The monoisotopic (exact) mass is 465 g/mol. The maximum Gasteiger partial charge on any atom is 0.342 e. The summed E-state index contributed by atoms with van der Waals surface area (Å²) in [6.45, 7) is 5.22. The molecular weight excluding hydrogens is 442 g/mol. The number of aryl methyl sites for hydroxylation is 3. The number of fused-ring (bicyclic) bond motifs is 2. The fourth-order valence-electron chi connectivity index (χ4n) is 3.62. The molecule has 3 aromatic heterocycles. The summed E-state index contributed by atoms with van der Waals surface area (Å²) in [5.74, 6) is -0.709. The highest BCUT2D eigenvalue weighted by Crippen LogP contribution is 2.29. The minimum Gasteiger partial charge on any atom is -0.462 e. The topological polar surface area (TPSA) is 152 Å². The lowest BCUT2D eigenvalue weighted by Crippen LogP contribution is -2.22. The maximum absolute atomic E-state index is 12.6. The molecule has 11 heteroatoms. The molecule has 2 N–H and O–H groups in total. The number of hydrogen-bond acceptors (Lipinski definition) is 10. The van der Waals surface area contributed by atoms with Crippen LogP contribution >= 0.6 is 0 Å². The van der Waals surface area contributed by atoms with Crippen LogP contribution in [0.1, 0.15) is 40.9 Å². The van der Waals surface area contributed by atoms with Crippen molar-refractivity contribution in [3.63, 3.8) is 0 Å². The van der Waals surface area contributed by atoms with E-state index < -0.39 is 11.9 Å². The number of aromatic nitrogens is 4. The molecule has 4 aromatic rings. The largest absolute Gasteiger partial charge is 0.462 e. The standard InChI is InChI=1S/C23H23N5O6/c1-4-32-23(31)17-13(3)34-21-18(17)20(24)26-15(27-21)10-33-16(29)8-9-28-11-25-19-12(2)6-5-7-14(19)22(28)30/h5-7,11H,4,8-10H2,1-3H3,(H2,24,26,27). The predicted molar refractivity (Wildman–Crippen MR) is 122 cm³/mol. The van der Waals surface area contributed by atoms with Crippen molar-refractivity contribution in [1.29, 1.82) is 0 Å². The minimum atomic E-state index is -0.582. The average molecular weight is 465 g/mol. The Labute approximate surface area is 193 Å². The molecule has 0 saturated heterocycles. The van der Waals surface area contributed by atoms with Crippen molar-refractivity contribution in [2.24, 2.45) is 0 Å². The number of nitrogen functional groups attached to an aromatic ring is 1. The third-order valence-corrected chi connectivity index (χ3v) is 5.26. The molecule has 0 aliphatic heterocycles. The van der Waals surface area contributed by atoms with Gasteiger partial charge in [-0.2, -0.15) is 4.98 Å². The van der Waals surface area contributed by atoms with Crippen LogP contribution in [0.4, 0.5) is 5.82 Å². The van der Waals surface area contributed by atoms with Gasteiger partial charge in [-0.3, -0.25) is 14.2 Å². The summed E-state index contributed by atoms with van der Waals surface area (Å²) in [5.41, 5.74) is 7.59. The first-order chi connectivity index (χ1) is 16.3. The number of furan rings is 1. The van der Waals surface area contributed by atoms with E-state index in [1.54, 1.807) is 26.0 Å². The number of nitrogens with two attached hydrogens (primary N) is 1. The lowest BCUT2D eigenvalue weighted by molar-refractivity contribution is -0.145. The van der Waals surface area contributed by atoms with Gasteiger partial charge in [0, 0.05) is 6.54 Å². The van der Waals surface area contributed by atoms with E-state index in [0.29, 0.717) is 16.7 Å². The highest BCUT2D eigenvalue weighted by atomic mass is 16.5. The summed E-state index contributed by atoms with van der Waals surface area (Å²) in [7, 11) is 0. The van der Waals surface area contributed by atoms with Crippen molar-refractivity contribution in [3.05, 3.63) is 57.6 Å². The van der Waals surface area contributed by atoms with E-state index in [0.717, 1.165) is 5.56 Å². The summed E-state index contributed by atoms with van der Waals surface area (Å²) in [6.07, 6.45) is 1.37. The summed E-state index contributed by atoms with van der Waals surface area (Å²) >= 11 is 0. The molecule has 3 heterocycles. The van der Waals surface area contributed by atoms with Crippen molar-refractivity contribution < 1.29 is 23.5 Å². The fraction of sp³-hybridized carbons (Fsp3) is 0.304. The third kappa shape index (κ3) is 4.32. The van der Waals surface area contributed by atoms with E-state index in [-0.39, 0.29) is 60.0 Å². The normalized spacial score (nSPS) is 11.1. The summed E-state index contributed by atoms with van der Waals surface area (Å²) in [4.78, 5) is 49.7. The molecule has 176 valence electrons. The van der Waals surface area contributed by atoms with Gasteiger partial charge >= 0.3 is 11.9 Å². The van der Waals surface area contributed by atoms with Gasteiger partial charge in [-0.05, 0) is 32.4 Å². The van der Waals surface area contributed by atoms with Gasteiger partial charge in [-0.15, -0.1) is 0 Å². The number of carbonyl (C=O) groups excluding carboxylic acids is 2. The number of nitrogens with zero attached hydrogens (tertiary/aromatic N) is 4. The molecular formula is C23H23N5O6. The van der Waals surface area contributed by atoms with Gasteiger partial charge in [-0.25, -0.2) is 14.8 Å². The van der Waals surface area contributed by atoms with Crippen molar-refractivity contribution in [3.8, 4) is 0 Å². The molecule has 0 aliphatic carbocycles. The van der Waals surface area contributed by atoms with Crippen LogP contribution in [0, 0.1) is 13.8 Å². The zero-order valence-electron chi connectivity index (χ0n) is 19.0. The van der Waals surface area contributed by atoms with Gasteiger partial charge in [0.05, 0.1) is 35.6 Å². The molecule has 0 amide bonds. The van der Waals surface area contributed by atoms with Crippen LogP contribution in [0.15, 0.2) is 33.7 Å². The number of benzene rings is 1. The second kappa shape index (κ2) is 9.30. The first-order valence-electron chi connectivity index (χ1n) is 10.6. The van der Waals surface area contributed by atoms with Gasteiger partial charge in [0.15, 0.2) is 12.4 Å². The molecule has 34 heavy (non-hydrogen) atoms. The second-order valence-corrected chi connectivity index (χ2v) is 7.58. The maximum atomic E-state index is 12.6. The van der Waals surface area contributed by atoms with Crippen LogP contribution in [-0.4, -0.2) is 38.1 Å². The molecule has 1 aromatic carbocycles. The lowest BCUT2D eigenvalue weighted by Gasteiger charge is -2.08. The van der Waals surface area contributed by atoms with Crippen LogP contribution in [0.2, 0.25) is 0 Å². The first-order valence-corrected chi connectivity index (χ1v) is 10.6. The summed E-state index contributed by atoms with van der Waals surface area (Å²) in [6, 6.07) is 5.37. The number of esters is 2. The number of para-hydroxylation sites is 1. The lowest BCUT2D eigenvalue weighted by atomic mass is 10.1. The number of rotatable bonds is 7. The van der Waals surface area contributed by atoms with Crippen LogP contribution in [0.5, 0.6) is 0 Å². The van der Waals surface area contributed by atoms with Gasteiger partial charge in [0.2, 0.25) is 5.71 Å². The van der Waals surface area contributed by atoms with Crippen molar-refractivity contribution >= 4 is 39.8 Å². The van der Waals surface area contributed by atoms with E-state index in [2.05, 4.69) is 15.0 Å². The smallest absolute Gasteiger partial charge is 0.342 e. The zero-order chi connectivity index (χ0) is 24.4. The average Bonchev–Trinajstić information content (AvgIpc) is 3.14. The molecule has 0 radical (unpaired) electrons. The number of ether oxygens (including phenoxy) is 2. The quantitative estimate of drug-likeness (QED) is 0.403. The molecule has 0 spiro atoms. The van der Waals surface area contributed by atoms with Crippen LogP contribution < -0.4 is 11.3 Å². The highest BCUT2D eigenvalue weighted by Gasteiger charge is 2.24. The van der Waals surface area contributed by atoms with Crippen molar-refractivity contribution in [2.75, 3.05) is 12.3 Å². The Hall–Kier alpha value is -4.28. The third-order valence-electron chi connectivity index (χ3n) is 5.26. The van der Waals surface area contributed by atoms with Crippen LogP contribution in [0.25, 0.3) is 22.0 Å². The van der Waals surface area contributed by atoms with Crippen molar-refractivity contribution in [1.82, 2.24) is 19.5 Å². The zero-order valence-corrected chi connectivity index (χ0v) is 19.0. The van der Waals surface area contributed by atoms with Gasteiger partial charge < -0.3 is 19.6 Å². The molecule has 0 fully saturated rings. The van der Waals surface area contributed by atoms with Crippen LogP contribution in [-0.2, 0) is 27.4 Å². The summed E-state index contributed by atoms with van der Waals surface area (Å²) < 4.78 is 17.2. The van der Waals surface area contributed by atoms with Gasteiger partial charge in [0.25, 0.3) is 5.56 Å². The number of hydrogen-bond donors (Lipinski definition) is 1. The minimum absolute atomic E-state index is 0.0139. The Morgan fingerprint density at radius 1 is 1.18 bits per heavy atom. The van der Waals surface area contributed by atoms with E-state index in [1.165, 1.54) is 10.9 Å².